The molecule has 32 heavy (non-hydrogen) atoms. The third-order valence-electron chi connectivity index (χ3n) is 4.35. The summed E-state index contributed by atoms with van der Waals surface area (Å²) < 4.78 is 38.7. The second-order valence-corrected chi connectivity index (χ2v) is 8.91. The van der Waals surface area contributed by atoms with Gasteiger partial charge in [-0.05, 0) is 86.6 Å². The standard InChI is InChI=1S/C23H23ClN2O5S/c1-3-30-20-12-6-19(7-13-20)26-32(28,29)22-14-8-18(9-15-22)25-23(27)16(2)31-21-10-4-17(24)5-11-21/h4-16,26H,3H2,1-2H3,(H,25,27)/t16-/m0/s1. The molecule has 0 bridgehead atoms. The van der Waals surface area contributed by atoms with Crippen LogP contribution in [0, 0.1) is 0 Å². The van der Waals surface area contributed by atoms with Gasteiger partial charge in [-0.1, -0.05) is 11.6 Å². The Morgan fingerprint density at radius 1 is 0.906 bits per heavy atom. The molecule has 2 N–H and O–H groups in total. The number of hydrogen-bond donors (Lipinski definition) is 2. The third kappa shape index (κ3) is 6.38. The number of hydrogen-bond acceptors (Lipinski definition) is 5. The summed E-state index contributed by atoms with van der Waals surface area (Å²) in [5.74, 6) is 0.798. The van der Waals surface area contributed by atoms with Crippen molar-refractivity contribution in [3.63, 3.8) is 0 Å². The molecule has 0 aromatic heterocycles. The summed E-state index contributed by atoms with van der Waals surface area (Å²) in [6, 6.07) is 19.2. The largest absolute Gasteiger partial charge is 0.494 e. The summed E-state index contributed by atoms with van der Waals surface area (Å²) in [5, 5.41) is 3.27. The van der Waals surface area contributed by atoms with Gasteiger partial charge in [0.05, 0.1) is 11.5 Å². The van der Waals surface area contributed by atoms with Crippen molar-refractivity contribution < 1.29 is 22.7 Å². The van der Waals surface area contributed by atoms with E-state index in [0.717, 1.165) is 0 Å². The van der Waals surface area contributed by atoms with Crippen LogP contribution in [0.25, 0.3) is 0 Å². The zero-order valence-electron chi connectivity index (χ0n) is 17.5. The van der Waals surface area contributed by atoms with Crippen LogP contribution in [0.15, 0.2) is 77.7 Å². The molecule has 3 rings (SSSR count). The molecule has 0 aliphatic rings. The number of anilines is 2. The van der Waals surface area contributed by atoms with Gasteiger partial charge in [0.25, 0.3) is 15.9 Å². The van der Waals surface area contributed by atoms with E-state index < -0.39 is 16.1 Å². The fraction of sp³-hybridized carbons (Fsp3) is 0.174. The molecule has 3 aromatic rings. The zero-order valence-corrected chi connectivity index (χ0v) is 19.1. The Kier molecular flexibility index (Phi) is 7.61. The number of nitrogens with one attached hydrogen (secondary N) is 2. The van der Waals surface area contributed by atoms with Crippen LogP contribution < -0.4 is 19.5 Å². The van der Waals surface area contributed by atoms with Gasteiger partial charge < -0.3 is 14.8 Å². The van der Waals surface area contributed by atoms with Crippen LogP contribution in [0.3, 0.4) is 0 Å². The molecule has 0 radical (unpaired) electrons. The SMILES string of the molecule is CCOc1ccc(NS(=O)(=O)c2ccc(NC(=O)[C@H](C)Oc3ccc(Cl)cc3)cc2)cc1. The van der Waals surface area contributed by atoms with Crippen LogP contribution in [0.5, 0.6) is 11.5 Å². The lowest BCUT2D eigenvalue weighted by atomic mass is 10.3. The molecule has 0 saturated heterocycles. The van der Waals surface area contributed by atoms with Gasteiger partial charge in [-0.3, -0.25) is 9.52 Å². The molecule has 0 spiro atoms. The molecule has 1 amide bonds. The van der Waals surface area contributed by atoms with Crippen molar-refractivity contribution in [3.05, 3.63) is 77.8 Å². The minimum absolute atomic E-state index is 0.0647. The number of sulfonamides is 1. The van der Waals surface area contributed by atoms with Gasteiger partial charge in [-0.25, -0.2) is 8.42 Å². The van der Waals surface area contributed by atoms with Gasteiger partial charge >= 0.3 is 0 Å². The van der Waals surface area contributed by atoms with E-state index in [-0.39, 0.29) is 10.8 Å². The Morgan fingerprint density at radius 3 is 2.06 bits per heavy atom. The summed E-state index contributed by atoms with van der Waals surface area (Å²) in [5.41, 5.74) is 0.862. The Morgan fingerprint density at radius 2 is 1.47 bits per heavy atom. The predicted octanol–water partition coefficient (Wildman–Crippen LogP) is 4.95. The molecule has 1 atom stereocenters. The molecular formula is C23H23ClN2O5S. The lowest BCUT2D eigenvalue weighted by Crippen LogP contribution is -2.30. The van der Waals surface area contributed by atoms with Crippen LogP contribution in [0.1, 0.15) is 13.8 Å². The van der Waals surface area contributed by atoms with E-state index in [2.05, 4.69) is 10.0 Å². The fourth-order valence-corrected chi connectivity index (χ4v) is 3.92. The van der Waals surface area contributed by atoms with Crippen molar-refractivity contribution in [2.75, 3.05) is 16.6 Å². The molecule has 168 valence electrons. The summed E-state index contributed by atoms with van der Waals surface area (Å²) in [6.45, 7) is 4.01. The molecule has 0 aliphatic heterocycles. The average molecular weight is 475 g/mol. The Bertz CT molecular complexity index is 1150. The van der Waals surface area contributed by atoms with Crippen LogP contribution >= 0.6 is 11.6 Å². The first-order valence-corrected chi connectivity index (χ1v) is 11.7. The number of benzene rings is 3. The molecule has 0 saturated carbocycles. The van der Waals surface area contributed by atoms with E-state index in [1.807, 2.05) is 6.92 Å². The highest BCUT2D eigenvalue weighted by Crippen LogP contribution is 2.21. The average Bonchev–Trinajstić information content (AvgIpc) is 2.77. The molecule has 0 heterocycles. The minimum atomic E-state index is -3.78. The number of carbonyl (C=O) groups is 1. The molecular weight excluding hydrogens is 452 g/mol. The second-order valence-electron chi connectivity index (χ2n) is 6.79. The summed E-state index contributed by atoms with van der Waals surface area (Å²) >= 11 is 5.84. The first kappa shape index (κ1) is 23.4. The summed E-state index contributed by atoms with van der Waals surface area (Å²) in [6.07, 6.45) is -0.763. The minimum Gasteiger partial charge on any atom is -0.494 e. The van der Waals surface area contributed by atoms with Crippen LogP contribution in [-0.2, 0) is 14.8 Å². The maximum atomic E-state index is 12.6. The Hall–Kier alpha value is -3.23. The summed E-state index contributed by atoms with van der Waals surface area (Å²) in [4.78, 5) is 12.4. The molecule has 9 heteroatoms. The molecule has 3 aromatic carbocycles. The molecule has 0 aliphatic carbocycles. The van der Waals surface area contributed by atoms with E-state index in [1.54, 1.807) is 55.5 Å². The Labute approximate surface area is 192 Å². The number of halogens is 1. The van der Waals surface area contributed by atoms with Crippen molar-refractivity contribution in [1.29, 1.82) is 0 Å². The Balaban J connectivity index is 1.60. The van der Waals surface area contributed by atoms with Crippen molar-refractivity contribution in [2.24, 2.45) is 0 Å². The maximum absolute atomic E-state index is 12.6. The fourth-order valence-electron chi connectivity index (χ4n) is 2.73. The number of ether oxygens (including phenoxy) is 2. The van der Waals surface area contributed by atoms with Crippen molar-refractivity contribution in [1.82, 2.24) is 0 Å². The molecule has 7 nitrogen and oxygen atoms in total. The van der Waals surface area contributed by atoms with Gasteiger partial charge in [0.2, 0.25) is 0 Å². The van der Waals surface area contributed by atoms with E-state index in [1.165, 1.54) is 24.3 Å². The van der Waals surface area contributed by atoms with Gasteiger partial charge in [0, 0.05) is 16.4 Å². The first-order chi connectivity index (χ1) is 15.3. The predicted molar refractivity (Wildman–Crippen MR) is 125 cm³/mol. The summed E-state index contributed by atoms with van der Waals surface area (Å²) in [7, 11) is -3.78. The maximum Gasteiger partial charge on any atom is 0.265 e. The zero-order chi connectivity index (χ0) is 23.1. The van der Waals surface area contributed by atoms with E-state index in [9.17, 15) is 13.2 Å². The van der Waals surface area contributed by atoms with E-state index in [0.29, 0.717) is 34.5 Å². The van der Waals surface area contributed by atoms with Crippen LogP contribution in [0.4, 0.5) is 11.4 Å². The molecule has 0 unspecified atom stereocenters. The highest BCUT2D eigenvalue weighted by atomic mass is 35.5. The van der Waals surface area contributed by atoms with Gasteiger partial charge in [0.1, 0.15) is 11.5 Å². The van der Waals surface area contributed by atoms with Crippen molar-refractivity contribution in [2.45, 2.75) is 24.8 Å². The monoisotopic (exact) mass is 474 g/mol. The highest BCUT2D eigenvalue weighted by Gasteiger charge is 2.17. The van der Waals surface area contributed by atoms with Crippen molar-refractivity contribution >= 4 is 38.9 Å². The number of carbonyl (C=O) groups excluding carboxylic acids is 1. The number of rotatable bonds is 9. The third-order valence-corrected chi connectivity index (χ3v) is 5.99. The first-order valence-electron chi connectivity index (χ1n) is 9.85. The smallest absolute Gasteiger partial charge is 0.265 e. The van der Waals surface area contributed by atoms with Gasteiger partial charge in [-0.15, -0.1) is 0 Å². The number of amides is 1. The van der Waals surface area contributed by atoms with E-state index >= 15 is 0 Å². The topological polar surface area (TPSA) is 93.7 Å². The van der Waals surface area contributed by atoms with E-state index in [4.69, 9.17) is 21.1 Å². The van der Waals surface area contributed by atoms with Crippen LogP contribution in [0.2, 0.25) is 5.02 Å². The lowest BCUT2D eigenvalue weighted by molar-refractivity contribution is -0.122. The van der Waals surface area contributed by atoms with Crippen LogP contribution in [-0.4, -0.2) is 27.0 Å². The normalized spacial score (nSPS) is 12.0. The van der Waals surface area contributed by atoms with Gasteiger partial charge in [0.15, 0.2) is 6.10 Å². The van der Waals surface area contributed by atoms with Gasteiger partial charge in [-0.2, -0.15) is 0 Å². The second kappa shape index (κ2) is 10.4. The highest BCUT2D eigenvalue weighted by molar-refractivity contribution is 7.92. The lowest BCUT2D eigenvalue weighted by Gasteiger charge is -2.15. The molecule has 0 fully saturated rings. The van der Waals surface area contributed by atoms with Crippen molar-refractivity contribution in [3.8, 4) is 11.5 Å². The quantitative estimate of drug-likeness (QED) is 0.458.